The van der Waals surface area contributed by atoms with Crippen LogP contribution in [0.4, 0.5) is 0 Å². The van der Waals surface area contributed by atoms with E-state index in [1.807, 2.05) is 26.8 Å². The molecular weight excluding hydrogens is 288 g/mol. The monoisotopic (exact) mass is 316 g/mol. The second-order valence-corrected chi connectivity index (χ2v) is 8.52. The van der Waals surface area contributed by atoms with Gasteiger partial charge in [0.15, 0.2) is 0 Å². The lowest BCUT2D eigenvalue weighted by Gasteiger charge is -2.53. The average Bonchev–Trinajstić information content (AvgIpc) is 2.45. The van der Waals surface area contributed by atoms with Crippen LogP contribution < -0.4 is 0 Å². The first-order valence-electron chi connectivity index (χ1n) is 8.69. The highest BCUT2D eigenvalue weighted by Crippen LogP contribution is 2.57. The molecule has 0 spiro atoms. The molecule has 0 amide bonds. The minimum Gasteiger partial charge on any atom is -0.481 e. The van der Waals surface area contributed by atoms with Crippen LogP contribution in [-0.4, -0.2) is 16.2 Å². The van der Waals surface area contributed by atoms with Gasteiger partial charge in [-0.25, -0.2) is 0 Å². The van der Waals surface area contributed by atoms with Gasteiger partial charge in [0.2, 0.25) is 0 Å². The summed E-state index contributed by atoms with van der Waals surface area (Å²) in [6, 6.07) is 6.28. The number of aliphatic hydroxyl groups is 1. The number of aliphatic carboxylic acids is 1. The van der Waals surface area contributed by atoms with Crippen LogP contribution in [0.15, 0.2) is 18.2 Å². The van der Waals surface area contributed by atoms with Crippen LogP contribution in [0.5, 0.6) is 0 Å². The van der Waals surface area contributed by atoms with Crippen molar-refractivity contribution in [1.82, 2.24) is 0 Å². The van der Waals surface area contributed by atoms with Crippen LogP contribution in [0.3, 0.4) is 0 Å². The first-order valence-corrected chi connectivity index (χ1v) is 8.69. The number of carboxylic acid groups (broad SMARTS) is 1. The summed E-state index contributed by atoms with van der Waals surface area (Å²) in [5, 5.41) is 20.1. The zero-order chi connectivity index (χ0) is 17.0. The van der Waals surface area contributed by atoms with Gasteiger partial charge in [-0.05, 0) is 74.5 Å². The number of hydrogen-bond acceptors (Lipinski definition) is 2. The summed E-state index contributed by atoms with van der Waals surface area (Å²) >= 11 is 0. The molecule has 0 saturated heterocycles. The lowest BCUT2D eigenvalue weighted by atomic mass is 9.50. The van der Waals surface area contributed by atoms with E-state index in [1.54, 1.807) is 0 Å². The Kier molecular flexibility index (Phi) is 3.64. The molecule has 126 valence electrons. The molecule has 2 N–H and O–H groups in total. The van der Waals surface area contributed by atoms with Crippen molar-refractivity contribution in [3.05, 3.63) is 34.9 Å². The standard InChI is InChI=1S/C20H28O3/c1-18(2,23)14-7-8-15-13(12-14)6-9-16-19(15,3)10-5-11-20(16,4)17(21)22/h7-8,12,16,23H,5-6,9-11H2,1-4H3,(H,21,22)/t16-,19-,20+/m1/s1. The van der Waals surface area contributed by atoms with E-state index in [1.165, 1.54) is 11.1 Å². The van der Waals surface area contributed by atoms with E-state index in [0.717, 1.165) is 37.7 Å². The third-order valence-corrected chi connectivity index (χ3v) is 6.55. The van der Waals surface area contributed by atoms with E-state index in [4.69, 9.17) is 0 Å². The molecule has 3 rings (SSSR count). The number of carboxylic acids is 1. The van der Waals surface area contributed by atoms with Crippen LogP contribution in [0.25, 0.3) is 0 Å². The molecule has 3 nitrogen and oxygen atoms in total. The quantitative estimate of drug-likeness (QED) is 0.867. The zero-order valence-corrected chi connectivity index (χ0v) is 14.6. The van der Waals surface area contributed by atoms with E-state index >= 15 is 0 Å². The number of rotatable bonds is 2. The molecule has 1 aromatic carbocycles. The van der Waals surface area contributed by atoms with Gasteiger partial charge in [0.25, 0.3) is 0 Å². The molecule has 0 heterocycles. The number of aryl methyl sites for hydroxylation is 1. The smallest absolute Gasteiger partial charge is 0.309 e. The van der Waals surface area contributed by atoms with Crippen molar-refractivity contribution in [2.75, 3.05) is 0 Å². The molecule has 1 saturated carbocycles. The van der Waals surface area contributed by atoms with Crippen LogP contribution in [-0.2, 0) is 22.2 Å². The highest BCUT2D eigenvalue weighted by Gasteiger charge is 2.55. The SMILES string of the molecule is CC(C)(O)c1ccc2c(c1)CC[C@H]1[C@@](C)(C(=O)O)CCC[C@]21C. The van der Waals surface area contributed by atoms with Gasteiger partial charge in [-0.2, -0.15) is 0 Å². The predicted molar refractivity (Wildman–Crippen MR) is 90.4 cm³/mol. The third kappa shape index (κ3) is 2.40. The summed E-state index contributed by atoms with van der Waals surface area (Å²) < 4.78 is 0. The summed E-state index contributed by atoms with van der Waals surface area (Å²) in [7, 11) is 0. The highest BCUT2D eigenvalue weighted by molar-refractivity contribution is 5.75. The molecule has 0 unspecified atom stereocenters. The van der Waals surface area contributed by atoms with Gasteiger partial charge < -0.3 is 10.2 Å². The molecule has 0 bridgehead atoms. The van der Waals surface area contributed by atoms with Gasteiger partial charge in [0, 0.05) is 0 Å². The Hall–Kier alpha value is -1.35. The minimum atomic E-state index is -0.838. The maximum Gasteiger partial charge on any atom is 0.309 e. The molecule has 3 atom stereocenters. The molecule has 23 heavy (non-hydrogen) atoms. The molecule has 1 aromatic rings. The van der Waals surface area contributed by atoms with Gasteiger partial charge in [-0.1, -0.05) is 31.5 Å². The van der Waals surface area contributed by atoms with Crippen molar-refractivity contribution in [1.29, 1.82) is 0 Å². The Morgan fingerprint density at radius 1 is 1.26 bits per heavy atom. The molecule has 0 radical (unpaired) electrons. The average molecular weight is 316 g/mol. The Balaban J connectivity index is 2.08. The van der Waals surface area contributed by atoms with E-state index in [2.05, 4.69) is 19.1 Å². The lowest BCUT2D eigenvalue weighted by Crippen LogP contribution is -2.52. The van der Waals surface area contributed by atoms with Gasteiger partial charge in [0.1, 0.15) is 0 Å². The van der Waals surface area contributed by atoms with Crippen LogP contribution in [0.1, 0.15) is 70.1 Å². The van der Waals surface area contributed by atoms with E-state index < -0.39 is 17.0 Å². The van der Waals surface area contributed by atoms with Crippen LogP contribution in [0.2, 0.25) is 0 Å². The molecule has 0 aliphatic heterocycles. The topological polar surface area (TPSA) is 57.5 Å². The first-order chi connectivity index (χ1) is 10.6. The molecular formula is C20H28O3. The van der Waals surface area contributed by atoms with Gasteiger partial charge in [0.05, 0.1) is 11.0 Å². The summed E-state index contributed by atoms with van der Waals surface area (Å²) in [5.41, 5.74) is 1.99. The summed E-state index contributed by atoms with van der Waals surface area (Å²) in [6.45, 7) is 7.81. The van der Waals surface area contributed by atoms with E-state index in [0.29, 0.717) is 0 Å². The van der Waals surface area contributed by atoms with Crippen molar-refractivity contribution in [3.63, 3.8) is 0 Å². The third-order valence-electron chi connectivity index (χ3n) is 6.55. The summed E-state index contributed by atoms with van der Waals surface area (Å²) in [5.74, 6) is -0.466. The molecule has 0 aromatic heterocycles. The summed E-state index contributed by atoms with van der Waals surface area (Å²) in [6.07, 6.45) is 4.61. The molecule has 1 fully saturated rings. The number of hydrogen-bond donors (Lipinski definition) is 2. The number of carbonyl (C=O) groups is 1. The Bertz CT molecular complexity index is 643. The van der Waals surface area contributed by atoms with Crippen molar-refractivity contribution in [2.45, 2.75) is 70.8 Å². The minimum absolute atomic E-state index is 0.0723. The fourth-order valence-corrected chi connectivity index (χ4v) is 5.13. The normalized spacial score (nSPS) is 33.7. The second kappa shape index (κ2) is 5.07. The van der Waals surface area contributed by atoms with Gasteiger partial charge in [-0.3, -0.25) is 4.79 Å². The number of benzene rings is 1. The van der Waals surface area contributed by atoms with Crippen molar-refractivity contribution in [2.24, 2.45) is 11.3 Å². The van der Waals surface area contributed by atoms with E-state index in [9.17, 15) is 15.0 Å². The Morgan fingerprint density at radius 3 is 2.57 bits per heavy atom. The second-order valence-electron chi connectivity index (χ2n) is 8.52. The van der Waals surface area contributed by atoms with Crippen LogP contribution in [0, 0.1) is 11.3 Å². The fraction of sp³-hybridized carbons (Fsp3) is 0.650. The Labute approximate surface area is 138 Å². The van der Waals surface area contributed by atoms with Gasteiger partial charge >= 0.3 is 5.97 Å². The number of fused-ring (bicyclic) bond motifs is 3. The van der Waals surface area contributed by atoms with Gasteiger partial charge in [-0.15, -0.1) is 0 Å². The first kappa shape index (κ1) is 16.5. The fourth-order valence-electron chi connectivity index (χ4n) is 5.13. The van der Waals surface area contributed by atoms with E-state index in [-0.39, 0.29) is 11.3 Å². The predicted octanol–water partition coefficient (Wildman–Crippen LogP) is 4.01. The lowest BCUT2D eigenvalue weighted by molar-refractivity contribution is -0.157. The maximum atomic E-state index is 11.9. The maximum absolute atomic E-state index is 11.9. The Morgan fingerprint density at radius 2 is 1.96 bits per heavy atom. The largest absolute Gasteiger partial charge is 0.481 e. The molecule has 3 heteroatoms. The summed E-state index contributed by atoms with van der Waals surface area (Å²) in [4.78, 5) is 11.9. The molecule has 2 aliphatic rings. The van der Waals surface area contributed by atoms with Crippen molar-refractivity contribution in [3.8, 4) is 0 Å². The van der Waals surface area contributed by atoms with Crippen LogP contribution >= 0.6 is 0 Å². The van der Waals surface area contributed by atoms with Crippen molar-refractivity contribution < 1.29 is 15.0 Å². The zero-order valence-electron chi connectivity index (χ0n) is 14.6. The molecule has 2 aliphatic carbocycles. The van der Waals surface area contributed by atoms with Crippen molar-refractivity contribution >= 4 is 5.97 Å². The highest BCUT2D eigenvalue weighted by atomic mass is 16.4.